The minimum atomic E-state index is 0.595. The van der Waals surface area contributed by atoms with Crippen molar-refractivity contribution in [2.75, 3.05) is 11.9 Å². The number of hydrogen-bond acceptors (Lipinski definition) is 2. The predicted octanol–water partition coefficient (Wildman–Crippen LogP) is 2.35. The maximum Gasteiger partial charge on any atom is 0.147 e. The second kappa shape index (κ2) is 3.23. The van der Waals surface area contributed by atoms with Gasteiger partial charge in [0.25, 0.3) is 0 Å². The standard InChI is InChI=1S/C10H8ClNO/c11-9-1-2-10-8(4-9)3-7(6-13)5-12-10/h1-4,6,12H,5H2. The van der Waals surface area contributed by atoms with Gasteiger partial charge in [-0.05, 0) is 29.8 Å². The van der Waals surface area contributed by atoms with Crippen molar-refractivity contribution in [2.45, 2.75) is 0 Å². The van der Waals surface area contributed by atoms with E-state index in [0.29, 0.717) is 11.6 Å². The zero-order chi connectivity index (χ0) is 9.26. The molecule has 0 unspecified atom stereocenters. The molecule has 66 valence electrons. The molecule has 3 heteroatoms. The summed E-state index contributed by atoms with van der Waals surface area (Å²) >= 11 is 5.82. The molecule has 1 heterocycles. The third-order valence-electron chi connectivity index (χ3n) is 1.99. The molecular formula is C10H8ClNO. The Labute approximate surface area is 81.2 Å². The van der Waals surface area contributed by atoms with E-state index in [4.69, 9.17) is 11.6 Å². The molecule has 0 amide bonds. The average Bonchev–Trinajstić information content (AvgIpc) is 2.16. The Hall–Kier alpha value is -1.28. The van der Waals surface area contributed by atoms with E-state index in [2.05, 4.69) is 5.32 Å². The molecule has 1 aromatic rings. The molecular weight excluding hydrogens is 186 g/mol. The quantitative estimate of drug-likeness (QED) is 0.694. The number of hydrogen-bond donors (Lipinski definition) is 1. The first-order valence-corrected chi connectivity index (χ1v) is 4.36. The number of fused-ring (bicyclic) bond motifs is 1. The highest BCUT2D eigenvalue weighted by atomic mass is 35.5. The van der Waals surface area contributed by atoms with Gasteiger partial charge in [-0.2, -0.15) is 0 Å². The Morgan fingerprint density at radius 2 is 2.31 bits per heavy atom. The highest BCUT2D eigenvalue weighted by Crippen LogP contribution is 2.25. The molecule has 0 saturated carbocycles. The second-order valence-corrected chi connectivity index (χ2v) is 3.36. The molecule has 0 atom stereocenters. The molecule has 2 nitrogen and oxygen atoms in total. The molecule has 0 fully saturated rings. The highest BCUT2D eigenvalue weighted by Gasteiger charge is 2.08. The first-order chi connectivity index (χ1) is 6.29. The van der Waals surface area contributed by atoms with E-state index in [1.54, 1.807) is 0 Å². The third kappa shape index (κ3) is 1.58. The van der Waals surface area contributed by atoms with Crippen LogP contribution in [0.15, 0.2) is 23.8 Å². The van der Waals surface area contributed by atoms with E-state index in [-0.39, 0.29) is 0 Å². The minimum Gasteiger partial charge on any atom is -0.380 e. The van der Waals surface area contributed by atoms with Crippen LogP contribution in [0, 0.1) is 0 Å². The Kier molecular flexibility index (Phi) is 2.07. The summed E-state index contributed by atoms with van der Waals surface area (Å²) in [6, 6.07) is 5.58. The SMILES string of the molecule is O=CC1=Cc2cc(Cl)ccc2NC1. The van der Waals surface area contributed by atoms with Gasteiger partial charge in [0.15, 0.2) is 0 Å². The van der Waals surface area contributed by atoms with E-state index in [1.807, 2.05) is 24.3 Å². The number of benzene rings is 1. The fourth-order valence-electron chi connectivity index (χ4n) is 1.34. The van der Waals surface area contributed by atoms with Gasteiger partial charge in [-0.3, -0.25) is 4.79 Å². The lowest BCUT2D eigenvalue weighted by Crippen LogP contribution is -2.10. The van der Waals surface area contributed by atoms with E-state index >= 15 is 0 Å². The zero-order valence-electron chi connectivity index (χ0n) is 6.88. The Morgan fingerprint density at radius 3 is 3.08 bits per heavy atom. The van der Waals surface area contributed by atoms with Crippen LogP contribution in [0.25, 0.3) is 6.08 Å². The van der Waals surface area contributed by atoms with Crippen LogP contribution >= 0.6 is 11.6 Å². The largest absolute Gasteiger partial charge is 0.380 e. The average molecular weight is 194 g/mol. The maximum absolute atomic E-state index is 10.5. The number of halogens is 1. The molecule has 0 bridgehead atoms. The van der Waals surface area contributed by atoms with Crippen LogP contribution in [-0.2, 0) is 4.79 Å². The van der Waals surface area contributed by atoms with Crippen LogP contribution in [0.3, 0.4) is 0 Å². The van der Waals surface area contributed by atoms with Gasteiger partial charge in [0.05, 0.1) is 0 Å². The van der Waals surface area contributed by atoms with Gasteiger partial charge in [-0.1, -0.05) is 11.6 Å². The smallest absolute Gasteiger partial charge is 0.147 e. The summed E-state index contributed by atoms with van der Waals surface area (Å²) < 4.78 is 0. The van der Waals surface area contributed by atoms with Crippen LogP contribution in [0.5, 0.6) is 0 Å². The van der Waals surface area contributed by atoms with Gasteiger partial charge in [0.2, 0.25) is 0 Å². The first-order valence-electron chi connectivity index (χ1n) is 3.99. The Morgan fingerprint density at radius 1 is 1.46 bits per heavy atom. The van der Waals surface area contributed by atoms with Crippen molar-refractivity contribution < 1.29 is 4.79 Å². The number of anilines is 1. The number of nitrogens with one attached hydrogen (secondary N) is 1. The second-order valence-electron chi connectivity index (χ2n) is 2.92. The van der Waals surface area contributed by atoms with E-state index in [9.17, 15) is 4.79 Å². The first kappa shape index (κ1) is 8.32. The van der Waals surface area contributed by atoms with E-state index in [0.717, 1.165) is 23.1 Å². The summed E-state index contributed by atoms with van der Waals surface area (Å²) in [7, 11) is 0. The van der Waals surface area contributed by atoms with Crippen LogP contribution in [0.1, 0.15) is 5.56 Å². The molecule has 0 saturated heterocycles. The molecule has 0 radical (unpaired) electrons. The van der Waals surface area contributed by atoms with Crippen molar-refractivity contribution in [1.82, 2.24) is 0 Å². The fraction of sp³-hybridized carbons (Fsp3) is 0.100. The topological polar surface area (TPSA) is 29.1 Å². The summed E-state index contributed by atoms with van der Waals surface area (Å²) in [6.07, 6.45) is 2.71. The van der Waals surface area contributed by atoms with Gasteiger partial charge in [0.1, 0.15) is 6.29 Å². The van der Waals surface area contributed by atoms with Gasteiger partial charge < -0.3 is 5.32 Å². The fourth-order valence-corrected chi connectivity index (χ4v) is 1.52. The Balaban J connectivity index is 2.49. The molecule has 0 spiro atoms. The Bertz CT molecular complexity index is 385. The number of carbonyl (C=O) groups is 1. The van der Waals surface area contributed by atoms with Crippen LogP contribution in [0.2, 0.25) is 5.02 Å². The maximum atomic E-state index is 10.5. The summed E-state index contributed by atoms with van der Waals surface area (Å²) in [5.74, 6) is 0. The summed E-state index contributed by atoms with van der Waals surface area (Å²) in [4.78, 5) is 10.5. The van der Waals surface area contributed by atoms with Gasteiger partial charge in [-0.15, -0.1) is 0 Å². The van der Waals surface area contributed by atoms with Crippen molar-refractivity contribution in [3.05, 3.63) is 34.4 Å². The van der Waals surface area contributed by atoms with Crippen molar-refractivity contribution in [3.63, 3.8) is 0 Å². The van der Waals surface area contributed by atoms with Crippen LogP contribution in [0.4, 0.5) is 5.69 Å². The lowest BCUT2D eigenvalue weighted by Gasteiger charge is -2.15. The van der Waals surface area contributed by atoms with Crippen molar-refractivity contribution in [3.8, 4) is 0 Å². The van der Waals surface area contributed by atoms with Crippen molar-refractivity contribution in [2.24, 2.45) is 0 Å². The van der Waals surface area contributed by atoms with Gasteiger partial charge in [0, 0.05) is 22.8 Å². The molecule has 13 heavy (non-hydrogen) atoms. The van der Waals surface area contributed by atoms with Gasteiger partial charge in [-0.25, -0.2) is 0 Å². The molecule has 1 aliphatic heterocycles. The van der Waals surface area contributed by atoms with E-state index < -0.39 is 0 Å². The summed E-state index contributed by atoms with van der Waals surface area (Å²) in [5.41, 5.74) is 2.74. The number of rotatable bonds is 1. The molecule has 2 rings (SSSR count). The molecule has 0 aromatic heterocycles. The predicted molar refractivity (Wildman–Crippen MR) is 54.0 cm³/mol. The number of carbonyl (C=O) groups excluding carboxylic acids is 1. The third-order valence-corrected chi connectivity index (χ3v) is 2.22. The van der Waals surface area contributed by atoms with E-state index in [1.165, 1.54) is 0 Å². The number of aldehydes is 1. The summed E-state index contributed by atoms with van der Waals surface area (Å²) in [5, 5.41) is 3.82. The zero-order valence-corrected chi connectivity index (χ0v) is 7.64. The van der Waals surface area contributed by atoms with Crippen molar-refractivity contribution in [1.29, 1.82) is 0 Å². The van der Waals surface area contributed by atoms with Crippen LogP contribution < -0.4 is 5.32 Å². The molecule has 1 N–H and O–H groups in total. The molecule has 1 aromatic carbocycles. The molecule has 1 aliphatic rings. The van der Waals surface area contributed by atoms with Crippen LogP contribution in [-0.4, -0.2) is 12.8 Å². The summed E-state index contributed by atoms with van der Waals surface area (Å²) in [6.45, 7) is 0.595. The lowest BCUT2D eigenvalue weighted by atomic mass is 10.1. The lowest BCUT2D eigenvalue weighted by molar-refractivity contribution is -0.104. The highest BCUT2D eigenvalue weighted by molar-refractivity contribution is 6.30. The minimum absolute atomic E-state index is 0.595. The monoisotopic (exact) mass is 193 g/mol. The molecule has 0 aliphatic carbocycles. The normalized spacial score (nSPS) is 14.1. The van der Waals surface area contributed by atoms with Crippen molar-refractivity contribution >= 4 is 29.7 Å². The van der Waals surface area contributed by atoms with Gasteiger partial charge >= 0.3 is 0 Å².